The summed E-state index contributed by atoms with van der Waals surface area (Å²) in [5.41, 5.74) is 0. The van der Waals surface area contributed by atoms with E-state index in [1.807, 2.05) is 0 Å². The monoisotopic (exact) mass is 192 g/mol. The fourth-order valence-corrected chi connectivity index (χ4v) is 0.893. The molecule has 0 aliphatic rings. The van der Waals surface area contributed by atoms with Gasteiger partial charge >= 0.3 is 0 Å². The van der Waals surface area contributed by atoms with E-state index < -0.39 is 0 Å². The fourth-order valence-electron chi connectivity index (χ4n) is 0.450. The summed E-state index contributed by atoms with van der Waals surface area (Å²) in [6.45, 7) is 0. The maximum Gasteiger partial charge on any atom is 0.134 e. The molecule has 52 valence electrons. The van der Waals surface area contributed by atoms with Gasteiger partial charge in [-0.1, -0.05) is 15.9 Å². The van der Waals surface area contributed by atoms with Crippen molar-refractivity contribution in [2.45, 2.75) is 19.3 Å². The molecule has 0 heterocycles. The third kappa shape index (κ3) is 5.69. The Hall–Kier alpha value is -0.180. The molecular formula is C6H9BrO2. The molecule has 2 nitrogen and oxygen atoms in total. The third-order valence-electron chi connectivity index (χ3n) is 0.914. The fraction of sp³-hybridized carbons (Fsp3) is 0.667. The third-order valence-corrected chi connectivity index (χ3v) is 1.31. The smallest absolute Gasteiger partial charge is 0.134 e. The first-order chi connectivity index (χ1) is 4.31. The van der Waals surface area contributed by atoms with Crippen LogP contribution in [-0.2, 0) is 9.59 Å². The number of hydrogen-bond acceptors (Lipinski definition) is 2. The lowest BCUT2D eigenvalue weighted by atomic mass is 10.2. The molecule has 0 aromatic rings. The molecule has 0 saturated heterocycles. The minimum absolute atomic E-state index is 0.152. The number of alkyl halides is 1. The van der Waals surface area contributed by atoms with Crippen LogP contribution < -0.4 is 0 Å². The summed E-state index contributed by atoms with van der Waals surface area (Å²) < 4.78 is 0. The molecule has 0 radical (unpaired) electrons. The topological polar surface area (TPSA) is 34.1 Å². The quantitative estimate of drug-likeness (QED) is 0.487. The molecule has 0 aliphatic carbocycles. The van der Waals surface area contributed by atoms with Gasteiger partial charge in [0.1, 0.15) is 12.1 Å². The van der Waals surface area contributed by atoms with E-state index in [2.05, 4.69) is 15.9 Å². The van der Waals surface area contributed by atoms with Gasteiger partial charge in [0.2, 0.25) is 0 Å². The van der Waals surface area contributed by atoms with Crippen molar-refractivity contribution in [3.63, 3.8) is 0 Å². The van der Waals surface area contributed by atoms with Crippen LogP contribution in [0.15, 0.2) is 0 Å². The predicted octanol–water partition coefficient (Wildman–Crippen LogP) is 1.32. The van der Waals surface area contributed by atoms with E-state index in [1.165, 1.54) is 0 Å². The average molecular weight is 193 g/mol. The average Bonchev–Trinajstić information content (AvgIpc) is 1.85. The van der Waals surface area contributed by atoms with Crippen LogP contribution >= 0.6 is 15.9 Å². The molecule has 0 rings (SSSR count). The van der Waals surface area contributed by atoms with Crippen molar-refractivity contribution in [3.8, 4) is 0 Å². The van der Waals surface area contributed by atoms with Crippen molar-refractivity contribution in [1.82, 2.24) is 0 Å². The second-order valence-electron chi connectivity index (χ2n) is 1.68. The predicted molar refractivity (Wildman–Crippen MR) is 38.7 cm³/mol. The Morgan fingerprint density at radius 3 is 2.56 bits per heavy atom. The standard InChI is InChI=1S/C6H9BrO2/c7-4-3-6(9)2-1-5-8/h5H,1-4H2. The molecule has 0 fully saturated rings. The van der Waals surface area contributed by atoms with Crippen molar-refractivity contribution >= 4 is 28.0 Å². The molecule has 0 spiro atoms. The zero-order chi connectivity index (χ0) is 7.11. The van der Waals surface area contributed by atoms with Crippen LogP contribution in [0.2, 0.25) is 0 Å². The maximum atomic E-state index is 10.6. The van der Waals surface area contributed by atoms with E-state index in [4.69, 9.17) is 0 Å². The van der Waals surface area contributed by atoms with Gasteiger partial charge in [-0.3, -0.25) is 4.79 Å². The lowest BCUT2D eigenvalue weighted by Gasteiger charge is -1.90. The Labute approximate surface area is 62.8 Å². The number of Topliss-reactive ketones (excluding diaryl/α,β-unsaturated/α-hetero) is 1. The normalized spacial score (nSPS) is 9.00. The number of ketones is 1. The summed E-state index contributed by atoms with van der Waals surface area (Å²) in [7, 11) is 0. The van der Waals surface area contributed by atoms with Crippen molar-refractivity contribution in [2.24, 2.45) is 0 Å². The lowest BCUT2D eigenvalue weighted by molar-refractivity contribution is -0.120. The maximum absolute atomic E-state index is 10.6. The number of carbonyl (C=O) groups is 2. The van der Waals surface area contributed by atoms with Gasteiger partial charge in [-0.2, -0.15) is 0 Å². The van der Waals surface area contributed by atoms with Gasteiger partial charge in [-0.15, -0.1) is 0 Å². The van der Waals surface area contributed by atoms with Crippen LogP contribution in [0.3, 0.4) is 0 Å². The van der Waals surface area contributed by atoms with E-state index in [9.17, 15) is 9.59 Å². The molecule has 0 N–H and O–H groups in total. The highest BCUT2D eigenvalue weighted by Crippen LogP contribution is 1.95. The van der Waals surface area contributed by atoms with Gasteiger partial charge in [-0.25, -0.2) is 0 Å². The van der Waals surface area contributed by atoms with Crippen LogP contribution in [-0.4, -0.2) is 17.4 Å². The lowest BCUT2D eigenvalue weighted by Crippen LogP contribution is -1.97. The zero-order valence-corrected chi connectivity index (χ0v) is 6.69. The first kappa shape index (κ1) is 8.82. The Morgan fingerprint density at radius 1 is 1.44 bits per heavy atom. The van der Waals surface area contributed by atoms with E-state index in [0.29, 0.717) is 24.6 Å². The Kier molecular flexibility index (Phi) is 5.83. The minimum atomic E-state index is 0.152. The van der Waals surface area contributed by atoms with Gasteiger partial charge in [0.05, 0.1) is 0 Å². The van der Waals surface area contributed by atoms with Crippen molar-refractivity contribution in [2.75, 3.05) is 5.33 Å². The van der Waals surface area contributed by atoms with Crippen LogP contribution in [0.4, 0.5) is 0 Å². The molecular weight excluding hydrogens is 184 g/mol. The molecule has 0 aliphatic heterocycles. The summed E-state index contributed by atoms with van der Waals surface area (Å²) >= 11 is 3.13. The molecule has 0 aromatic heterocycles. The second kappa shape index (κ2) is 5.95. The van der Waals surface area contributed by atoms with Crippen LogP contribution in [0.1, 0.15) is 19.3 Å². The van der Waals surface area contributed by atoms with E-state index in [-0.39, 0.29) is 5.78 Å². The zero-order valence-electron chi connectivity index (χ0n) is 5.10. The number of hydrogen-bond donors (Lipinski definition) is 0. The Bertz CT molecular complexity index is 101. The Morgan fingerprint density at radius 2 is 2.11 bits per heavy atom. The summed E-state index contributed by atoms with van der Waals surface area (Å²) in [6, 6.07) is 0. The minimum Gasteiger partial charge on any atom is -0.303 e. The van der Waals surface area contributed by atoms with E-state index in [1.54, 1.807) is 0 Å². The molecule has 0 amide bonds. The Balaban J connectivity index is 3.16. The molecule has 9 heavy (non-hydrogen) atoms. The van der Waals surface area contributed by atoms with Gasteiger partial charge in [-0.05, 0) is 0 Å². The first-order valence-electron chi connectivity index (χ1n) is 2.82. The van der Waals surface area contributed by atoms with Crippen LogP contribution in [0, 0.1) is 0 Å². The van der Waals surface area contributed by atoms with Crippen LogP contribution in [0.25, 0.3) is 0 Å². The van der Waals surface area contributed by atoms with Gasteiger partial charge < -0.3 is 4.79 Å². The highest BCUT2D eigenvalue weighted by Gasteiger charge is 1.97. The summed E-state index contributed by atoms with van der Waals surface area (Å²) in [5, 5.41) is 0.699. The van der Waals surface area contributed by atoms with E-state index in [0.717, 1.165) is 6.29 Å². The second-order valence-corrected chi connectivity index (χ2v) is 2.48. The summed E-state index contributed by atoms with van der Waals surface area (Å²) in [4.78, 5) is 20.4. The number of carbonyl (C=O) groups excluding carboxylic acids is 2. The molecule has 0 aromatic carbocycles. The summed E-state index contributed by atoms with van der Waals surface area (Å²) in [6.07, 6.45) is 2.07. The SMILES string of the molecule is O=CCCC(=O)CCBr. The number of aldehydes is 1. The summed E-state index contributed by atoms with van der Waals surface area (Å²) in [5.74, 6) is 0.152. The van der Waals surface area contributed by atoms with Crippen molar-refractivity contribution in [1.29, 1.82) is 0 Å². The van der Waals surface area contributed by atoms with Crippen molar-refractivity contribution < 1.29 is 9.59 Å². The van der Waals surface area contributed by atoms with Crippen LogP contribution in [0.5, 0.6) is 0 Å². The van der Waals surface area contributed by atoms with Gasteiger partial charge in [0, 0.05) is 24.6 Å². The molecule has 0 atom stereocenters. The van der Waals surface area contributed by atoms with E-state index >= 15 is 0 Å². The molecule has 3 heteroatoms. The van der Waals surface area contributed by atoms with Gasteiger partial charge in [0.25, 0.3) is 0 Å². The molecule has 0 unspecified atom stereocenters. The largest absolute Gasteiger partial charge is 0.303 e. The highest BCUT2D eigenvalue weighted by molar-refractivity contribution is 9.09. The number of rotatable bonds is 5. The molecule has 0 saturated carbocycles. The first-order valence-corrected chi connectivity index (χ1v) is 3.94. The number of halogens is 1. The highest BCUT2D eigenvalue weighted by atomic mass is 79.9. The van der Waals surface area contributed by atoms with Crippen molar-refractivity contribution in [3.05, 3.63) is 0 Å². The van der Waals surface area contributed by atoms with Gasteiger partial charge in [0.15, 0.2) is 0 Å². The molecule has 0 bridgehead atoms.